The standard InChI is InChI=1S/C25H22N4O4/c1-28-12-13-33-20-6-5-17(14-19(20)28)23(30)21-22(18-4-2-3-9-27-18)29(25(32)24(21)31)15-16-7-10-26-11-8-16/h2-11,14,22,30H,12-13,15H2,1H3/b23-21-. The number of benzene rings is 1. The zero-order valence-electron chi connectivity index (χ0n) is 18.0. The third-order valence-electron chi connectivity index (χ3n) is 5.94. The average molecular weight is 442 g/mol. The van der Waals surface area contributed by atoms with Gasteiger partial charge in [-0.15, -0.1) is 0 Å². The number of likely N-dealkylation sites (N-methyl/N-ethyl adjacent to an activating group) is 1. The molecule has 1 atom stereocenters. The summed E-state index contributed by atoms with van der Waals surface area (Å²) in [5.74, 6) is -0.940. The Bertz CT molecular complexity index is 1240. The van der Waals surface area contributed by atoms with Crippen molar-refractivity contribution in [3.8, 4) is 5.75 Å². The SMILES string of the molecule is CN1CCOc2ccc(/C(O)=C3/C(=O)C(=O)N(Cc4ccncc4)C3c3ccccn3)cc21. The van der Waals surface area contributed by atoms with Crippen molar-refractivity contribution >= 4 is 23.1 Å². The van der Waals surface area contributed by atoms with E-state index in [4.69, 9.17) is 4.74 Å². The van der Waals surface area contributed by atoms with Gasteiger partial charge in [-0.25, -0.2) is 0 Å². The Morgan fingerprint density at radius 3 is 2.70 bits per heavy atom. The van der Waals surface area contributed by atoms with Gasteiger partial charge in [0.2, 0.25) is 0 Å². The maximum absolute atomic E-state index is 13.2. The molecule has 2 aromatic heterocycles. The van der Waals surface area contributed by atoms with Crippen LogP contribution in [0.25, 0.3) is 5.76 Å². The van der Waals surface area contributed by atoms with Crippen LogP contribution in [0.5, 0.6) is 5.75 Å². The quantitative estimate of drug-likeness (QED) is 0.377. The van der Waals surface area contributed by atoms with E-state index in [-0.39, 0.29) is 17.9 Å². The average Bonchev–Trinajstić information content (AvgIpc) is 3.10. The van der Waals surface area contributed by atoms with Crippen LogP contribution in [0.15, 0.2) is 72.7 Å². The van der Waals surface area contributed by atoms with E-state index in [9.17, 15) is 14.7 Å². The number of hydrogen-bond acceptors (Lipinski definition) is 7. The van der Waals surface area contributed by atoms with Gasteiger partial charge in [-0.2, -0.15) is 0 Å². The molecule has 3 aromatic rings. The highest BCUT2D eigenvalue weighted by Gasteiger charge is 2.46. The number of carbonyl (C=O) groups excluding carboxylic acids is 2. The lowest BCUT2D eigenvalue weighted by Gasteiger charge is -2.28. The number of ketones is 1. The van der Waals surface area contributed by atoms with Crippen molar-refractivity contribution in [3.05, 3.63) is 89.5 Å². The smallest absolute Gasteiger partial charge is 0.296 e. The van der Waals surface area contributed by atoms with Gasteiger partial charge in [0.1, 0.15) is 24.2 Å². The van der Waals surface area contributed by atoms with Crippen LogP contribution in [0.2, 0.25) is 0 Å². The molecule has 1 N–H and O–H groups in total. The summed E-state index contributed by atoms with van der Waals surface area (Å²) >= 11 is 0. The van der Waals surface area contributed by atoms with Crippen molar-refractivity contribution in [1.29, 1.82) is 0 Å². The predicted molar refractivity (Wildman–Crippen MR) is 122 cm³/mol. The first kappa shape index (κ1) is 20.7. The number of aromatic nitrogens is 2. The Labute approximate surface area is 190 Å². The fourth-order valence-corrected chi connectivity index (χ4v) is 4.23. The largest absolute Gasteiger partial charge is 0.507 e. The molecule has 2 aliphatic rings. The molecule has 1 unspecified atom stereocenters. The molecule has 8 nitrogen and oxygen atoms in total. The second kappa shape index (κ2) is 8.38. The van der Waals surface area contributed by atoms with Crippen LogP contribution in [0.4, 0.5) is 5.69 Å². The summed E-state index contributed by atoms with van der Waals surface area (Å²) < 4.78 is 5.68. The van der Waals surface area contributed by atoms with Crippen molar-refractivity contribution in [2.75, 3.05) is 25.1 Å². The maximum atomic E-state index is 13.2. The van der Waals surface area contributed by atoms with Gasteiger partial charge >= 0.3 is 0 Å². The van der Waals surface area contributed by atoms with Gasteiger partial charge in [-0.1, -0.05) is 6.07 Å². The molecule has 1 aromatic carbocycles. The number of hydrogen-bond donors (Lipinski definition) is 1. The summed E-state index contributed by atoms with van der Waals surface area (Å²) in [5.41, 5.74) is 2.60. The normalized spacial score (nSPS) is 19.4. The van der Waals surface area contributed by atoms with Crippen LogP contribution < -0.4 is 9.64 Å². The number of carbonyl (C=O) groups is 2. The van der Waals surface area contributed by atoms with Crippen LogP contribution in [0.3, 0.4) is 0 Å². The van der Waals surface area contributed by atoms with Gasteiger partial charge in [0.05, 0.1) is 23.5 Å². The first-order valence-corrected chi connectivity index (χ1v) is 10.6. The Balaban J connectivity index is 1.63. The minimum absolute atomic E-state index is 0.0205. The fourth-order valence-electron chi connectivity index (χ4n) is 4.23. The van der Waals surface area contributed by atoms with Crippen LogP contribution in [0, 0.1) is 0 Å². The number of fused-ring (bicyclic) bond motifs is 1. The lowest BCUT2D eigenvalue weighted by atomic mass is 9.97. The topological polar surface area (TPSA) is 95.9 Å². The molecule has 1 amide bonds. The summed E-state index contributed by atoms with van der Waals surface area (Å²) in [6, 6.07) is 13.3. The van der Waals surface area contributed by atoms with Crippen molar-refractivity contribution < 1.29 is 19.4 Å². The van der Waals surface area contributed by atoms with Gasteiger partial charge in [-0.05, 0) is 48.0 Å². The van der Waals surface area contributed by atoms with Crippen molar-refractivity contribution in [2.45, 2.75) is 12.6 Å². The van der Waals surface area contributed by atoms with E-state index in [1.54, 1.807) is 67.1 Å². The first-order valence-electron chi connectivity index (χ1n) is 10.6. The van der Waals surface area contributed by atoms with Crippen molar-refractivity contribution in [2.24, 2.45) is 0 Å². The molecule has 1 fully saturated rings. The molecule has 2 aliphatic heterocycles. The van der Waals surface area contributed by atoms with Gasteiger partial charge in [-0.3, -0.25) is 19.6 Å². The second-order valence-corrected chi connectivity index (χ2v) is 7.99. The zero-order chi connectivity index (χ0) is 22.9. The predicted octanol–water partition coefficient (Wildman–Crippen LogP) is 2.93. The molecule has 0 saturated carbocycles. The number of pyridine rings is 2. The highest BCUT2D eigenvalue weighted by molar-refractivity contribution is 6.46. The molecular weight excluding hydrogens is 420 g/mol. The molecule has 1 saturated heterocycles. The van der Waals surface area contributed by atoms with Crippen LogP contribution in [-0.2, 0) is 16.1 Å². The third kappa shape index (κ3) is 3.69. The van der Waals surface area contributed by atoms with E-state index in [2.05, 4.69) is 9.97 Å². The van der Waals surface area contributed by atoms with E-state index < -0.39 is 17.7 Å². The monoisotopic (exact) mass is 442 g/mol. The van der Waals surface area contributed by atoms with E-state index in [0.29, 0.717) is 30.2 Å². The molecule has 4 heterocycles. The highest BCUT2D eigenvalue weighted by Crippen LogP contribution is 2.41. The van der Waals surface area contributed by atoms with E-state index in [0.717, 1.165) is 11.3 Å². The van der Waals surface area contributed by atoms with Crippen molar-refractivity contribution in [3.63, 3.8) is 0 Å². The van der Waals surface area contributed by atoms with E-state index >= 15 is 0 Å². The highest BCUT2D eigenvalue weighted by atomic mass is 16.5. The molecule has 166 valence electrons. The lowest BCUT2D eigenvalue weighted by molar-refractivity contribution is -0.140. The number of aliphatic hydroxyl groups excluding tert-OH is 1. The summed E-state index contributed by atoms with van der Waals surface area (Å²) in [4.78, 5) is 38.1. The fraction of sp³-hybridized carbons (Fsp3) is 0.200. The molecule has 0 radical (unpaired) electrons. The summed E-state index contributed by atoms with van der Waals surface area (Å²) in [6.07, 6.45) is 4.87. The van der Waals surface area contributed by atoms with Gasteiger partial charge < -0.3 is 19.6 Å². The van der Waals surface area contributed by atoms with Crippen LogP contribution in [0.1, 0.15) is 22.9 Å². The summed E-state index contributed by atoms with van der Waals surface area (Å²) in [5, 5.41) is 11.3. The molecule has 8 heteroatoms. The number of rotatable bonds is 4. The summed E-state index contributed by atoms with van der Waals surface area (Å²) in [6.45, 7) is 1.47. The van der Waals surface area contributed by atoms with Crippen LogP contribution >= 0.6 is 0 Å². The second-order valence-electron chi connectivity index (χ2n) is 7.99. The zero-order valence-corrected chi connectivity index (χ0v) is 18.0. The number of nitrogens with zero attached hydrogens (tertiary/aromatic N) is 4. The minimum Gasteiger partial charge on any atom is -0.507 e. The van der Waals surface area contributed by atoms with Gasteiger partial charge in [0.15, 0.2) is 0 Å². The first-order chi connectivity index (χ1) is 16.0. The molecule has 5 rings (SSSR count). The molecule has 0 spiro atoms. The number of ether oxygens (including phenoxy) is 1. The number of Topliss-reactive ketones (excluding diaryl/α,β-unsaturated/α-hetero) is 1. The van der Waals surface area contributed by atoms with E-state index in [1.165, 1.54) is 4.90 Å². The number of amides is 1. The number of anilines is 1. The van der Waals surface area contributed by atoms with Gasteiger partial charge in [0, 0.05) is 37.7 Å². The molecule has 0 aliphatic carbocycles. The molecule has 33 heavy (non-hydrogen) atoms. The molecule has 0 bridgehead atoms. The van der Waals surface area contributed by atoms with Gasteiger partial charge in [0.25, 0.3) is 11.7 Å². The Kier molecular flexibility index (Phi) is 5.26. The number of aliphatic hydroxyl groups is 1. The van der Waals surface area contributed by atoms with E-state index in [1.807, 2.05) is 11.9 Å². The summed E-state index contributed by atoms with van der Waals surface area (Å²) in [7, 11) is 1.94. The lowest BCUT2D eigenvalue weighted by Crippen LogP contribution is -2.29. The third-order valence-corrected chi connectivity index (χ3v) is 5.94. The van der Waals surface area contributed by atoms with Crippen molar-refractivity contribution in [1.82, 2.24) is 14.9 Å². The Hall–Kier alpha value is -4.20. The Morgan fingerprint density at radius 2 is 1.94 bits per heavy atom. The number of likely N-dealkylation sites (tertiary alicyclic amines) is 1. The minimum atomic E-state index is -0.815. The molecular formula is C25H22N4O4. The van der Waals surface area contributed by atoms with Crippen LogP contribution in [-0.4, -0.2) is 51.9 Å². The Morgan fingerprint density at radius 1 is 1.12 bits per heavy atom. The maximum Gasteiger partial charge on any atom is 0.296 e.